The number of hydrogen-bond acceptors (Lipinski definition) is 6. The van der Waals surface area contributed by atoms with Crippen molar-refractivity contribution in [3.63, 3.8) is 0 Å². The maximum Gasteiger partial charge on any atom is 0.416 e. The van der Waals surface area contributed by atoms with E-state index in [-0.39, 0.29) is 23.6 Å². The second-order valence-corrected chi connectivity index (χ2v) is 7.29. The lowest BCUT2D eigenvalue weighted by molar-refractivity contribution is -0.384. The SMILES string of the molecule is CNC(CC(Oc1ccc(C(F)(F)F)cc1)c1ccccc1)C(=O)Oc1ccc([N+](=O)[O-])cc1. The summed E-state index contributed by atoms with van der Waals surface area (Å²) in [5.41, 5.74) is -0.222. The van der Waals surface area contributed by atoms with Crippen LogP contribution in [0.15, 0.2) is 78.9 Å². The standard InChI is InChI=1S/C24H21F3N2O5/c1-28-21(23(30)34-20-13-9-18(10-14-20)29(31)32)15-22(16-5-3-2-4-6-16)33-19-11-7-17(8-12-19)24(25,26)27/h2-14,21-22,28H,15H2,1H3. The summed E-state index contributed by atoms with van der Waals surface area (Å²) in [6.45, 7) is 0. The monoisotopic (exact) mass is 474 g/mol. The van der Waals surface area contributed by atoms with Gasteiger partial charge in [0.2, 0.25) is 0 Å². The van der Waals surface area contributed by atoms with Gasteiger partial charge in [-0.2, -0.15) is 13.2 Å². The number of alkyl halides is 3. The molecular formula is C24H21F3N2O5. The number of hydrogen-bond donors (Lipinski definition) is 1. The summed E-state index contributed by atoms with van der Waals surface area (Å²) in [5, 5.41) is 13.6. The van der Waals surface area contributed by atoms with Gasteiger partial charge >= 0.3 is 12.1 Å². The second kappa shape index (κ2) is 10.8. The van der Waals surface area contributed by atoms with E-state index in [2.05, 4.69) is 5.32 Å². The summed E-state index contributed by atoms with van der Waals surface area (Å²) in [6.07, 6.45) is -5.04. The Labute approximate surface area is 193 Å². The Balaban J connectivity index is 1.76. The lowest BCUT2D eigenvalue weighted by Crippen LogP contribution is -2.39. The molecule has 10 heteroatoms. The summed E-state index contributed by atoms with van der Waals surface area (Å²) in [7, 11) is 1.56. The van der Waals surface area contributed by atoms with E-state index >= 15 is 0 Å². The van der Waals surface area contributed by atoms with E-state index in [1.54, 1.807) is 37.4 Å². The second-order valence-electron chi connectivity index (χ2n) is 7.29. The molecule has 0 spiro atoms. The number of ether oxygens (including phenoxy) is 2. The molecule has 0 aliphatic rings. The maximum atomic E-state index is 12.9. The Hall–Kier alpha value is -3.92. The molecule has 0 bridgehead atoms. The molecule has 2 unspecified atom stereocenters. The normalized spacial score (nSPS) is 13.1. The van der Waals surface area contributed by atoms with Crippen LogP contribution in [0.3, 0.4) is 0 Å². The molecule has 7 nitrogen and oxygen atoms in total. The Kier molecular flexibility index (Phi) is 7.85. The third kappa shape index (κ3) is 6.55. The van der Waals surface area contributed by atoms with Gasteiger partial charge in [-0.25, -0.2) is 4.79 Å². The van der Waals surface area contributed by atoms with Crippen molar-refractivity contribution < 1.29 is 32.4 Å². The Bertz CT molecular complexity index is 1100. The molecular weight excluding hydrogens is 453 g/mol. The number of benzene rings is 3. The molecule has 0 saturated carbocycles. The summed E-state index contributed by atoms with van der Waals surface area (Å²) in [6, 6.07) is 17.5. The summed E-state index contributed by atoms with van der Waals surface area (Å²) in [4.78, 5) is 23.0. The number of likely N-dealkylation sites (N-methyl/N-ethyl adjacent to an activating group) is 1. The number of non-ortho nitro benzene ring substituents is 1. The van der Waals surface area contributed by atoms with Crippen LogP contribution in [0.5, 0.6) is 11.5 Å². The van der Waals surface area contributed by atoms with Crippen molar-refractivity contribution in [2.75, 3.05) is 7.05 Å². The maximum absolute atomic E-state index is 12.9. The van der Waals surface area contributed by atoms with Gasteiger partial charge in [0, 0.05) is 18.6 Å². The lowest BCUT2D eigenvalue weighted by Gasteiger charge is -2.24. The number of esters is 1. The molecule has 1 N–H and O–H groups in total. The Morgan fingerprint density at radius 3 is 2.09 bits per heavy atom. The zero-order chi connectivity index (χ0) is 24.7. The first-order valence-corrected chi connectivity index (χ1v) is 10.2. The minimum absolute atomic E-state index is 0.105. The van der Waals surface area contributed by atoms with Gasteiger partial charge in [-0.05, 0) is 49.0 Å². The number of nitrogens with zero attached hydrogens (tertiary/aromatic N) is 1. The van der Waals surface area contributed by atoms with Crippen LogP contribution in [0.1, 0.15) is 23.7 Å². The van der Waals surface area contributed by atoms with E-state index < -0.39 is 34.8 Å². The fourth-order valence-electron chi connectivity index (χ4n) is 3.18. The highest BCUT2D eigenvalue weighted by molar-refractivity contribution is 5.78. The zero-order valence-corrected chi connectivity index (χ0v) is 18.0. The zero-order valence-electron chi connectivity index (χ0n) is 18.0. The molecule has 0 aromatic heterocycles. The van der Waals surface area contributed by atoms with Crippen molar-refractivity contribution in [1.82, 2.24) is 5.32 Å². The van der Waals surface area contributed by atoms with Crippen LogP contribution in [0.2, 0.25) is 0 Å². The topological polar surface area (TPSA) is 90.7 Å². The van der Waals surface area contributed by atoms with Crippen LogP contribution in [0.25, 0.3) is 0 Å². The average Bonchev–Trinajstić information content (AvgIpc) is 2.82. The number of carbonyl (C=O) groups excluding carboxylic acids is 1. The van der Waals surface area contributed by atoms with Crippen molar-refractivity contribution in [3.05, 3.63) is 100 Å². The number of nitrogens with one attached hydrogen (secondary N) is 1. The van der Waals surface area contributed by atoms with Gasteiger partial charge in [0.05, 0.1) is 10.5 Å². The first-order chi connectivity index (χ1) is 16.2. The third-order valence-electron chi connectivity index (χ3n) is 4.98. The minimum Gasteiger partial charge on any atom is -0.486 e. The summed E-state index contributed by atoms with van der Waals surface area (Å²) < 4.78 is 49.9. The van der Waals surface area contributed by atoms with Gasteiger partial charge in [0.25, 0.3) is 5.69 Å². The predicted molar refractivity (Wildman–Crippen MR) is 117 cm³/mol. The van der Waals surface area contributed by atoms with E-state index in [1.807, 2.05) is 0 Å². The number of rotatable bonds is 9. The molecule has 3 rings (SSSR count). The van der Waals surface area contributed by atoms with Gasteiger partial charge < -0.3 is 14.8 Å². The highest BCUT2D eigenvalue weighted by Crippen LogP contribution is 2.32. The molecule has 0 saturated heterocycles. The molecule has 3 aromatic carbocycles. The van der Waals surface area contributed by atoms with E-state index in [1.165, 1.54) is 36.4 Å². The number of nitro benzene ring substituents is 1. The first-order valence-electron chi connectivity index (χ1n) is 10.2. The van der Waals surface area contributed by atoms with Gasteiger partial charge in [-0.3, -0.25) is 10.1 Å². The molecule has 0 heterocycles. The smallest absolute Gasteiger partial charge is 0.416 e. The van der Waals surface area contributed by atoms with Gasteiger partial charge in [-0.15, -0.1) is 0 Å². The van der Waals surface area contributed by atoms with Crippen molar-refractivity contribution >= 4 is 11.7 Å². The van der Waals surface area contributed by atoms with Gasteiger partial charge in [-0.1, -0.05) is 30.3 Å². The van der Waals surface area contributed by atoms with Gasteiger partial charge in [0.1, 0.15) is 23.6 Å². The molecule has 34 heavy (non-hydrogen) atoms. The van der Waals surface area contributed by atoms with Crippen LogP contribution >= 0.6 is 0 Å². The molecule has 0 aliphatic carbocycles. The largest absolute Gasteiger partial charge is 0.486 e. The van der Waals surface area contributed by atoms with E-state index in [0.29, 0.717) is 5.56 Å². The molecule has 3 aromatic rings. The number of nitro groups is 1. The Morgan fingerprint density at radius 2 is 1.56 bits per heavy atom. The fourth-order valence-corrected chi connectivity index (χ4v) is 3.18. The van der Waals surface area contributed by atoms with Crippen LogP contribution in [-0.2, 0) is 11.0 Å². The quantitative estimate of drug-likeness (QED) is 0.195. The van der Waals surface area contributed by atoms with Crippen molar-refractivity contribution in [3.8, 4) is 11.5 Å². The van der Waals surface area contributed by atoms with Crippen molar-refractivity contribution in [2.45, 2.75) is 24.7 Å². The summed E-state index contributed by atoms with van der Waals surface area (Å²) in [5.74, 6) is -0.301. The van der Waals surface area contributed by atoms with Crippen molar-refractivity contribution in [1.29, 1.82) is 0 Å². The molecule has 0 radical (unpaired) electrons. The fraction of sp³-hybridized carbons (Fsp3) is 0.208. The molecule has 178 valence electrons. The minimum atomic E-state index is -4.46. The first kappa shape index (κ1) is 24.7. The highest BCUT2D eigenvalue weighted by atomic mass is 19.4. The van der Waals surface area contributed by atoms with Crippen LogP contribution in [0.4, 0.5) is 18.9 Å². The highest BCUT2D eigenvalue weighted by Gasteiger charge is 2.30. The van der Waals surface area contributed by atoms with Gasteiger partial charge in [0.15, 0.2) is 0 Å². The van der Waals surface area contributed by atoms with E-state index in [4.69, 9.17) is 9.47 Å². The average molecular weight is 474 g/mol. The lowest BCUT2D eigenvalue weighted by atomic mass is 10.0. The Morgan fingerprint density at radius 1 is 0.971 bits per heavy atom. The molecule has 0 amide bonds. The third-order valence-corrected chi connectivity index (χ3v) is 4.98. The molecule has 2 atom stereocenters. The number of halogens is 3. The molecule has 0 aliphatic heterocycles. The van der Waals surface area contributed by atoms with Crippen molar-refractivity contribution in [2.24, 2.45) is 0 Å². The number of carbonyl (C=O) groups is 1. The summed E-state index contributed by atoms with van der Waals surface area (Å²) >= 11 is 0. The van der Waals surface area contributed by atoms with Crippen LogP contribution in [0, 0.1) is 10.1 Å². The molecule has 0 fully saturated rings. The predicted octanol–water partition coefficient (Wildman–Crippen LogP) is 5.32. The van der Waals surface area contributed by atoms with Crippen LogP contribution in [-0.4, -0.2) is 24.0 Å². The van der Waals surface area contributed by atoms with E-state index in [0.717, 1.165) is 12.1 Å². The van der Waals surface area contributed by atoms with Crippen LogP contribution < -0.4 is 14.8 Å². The van der Waals surface area contributed by atoms with E-state index in [9.17, 15) is 28.1 Å².